The van der Waals surface area contributed by atoms with Crippen LogP contribution in [0.3, 0.4) is 0 Å². The van der Waals surface area contributed by atoms with E-state index in [0.717, 1.165) is 37.3 Å². The lowest BCUT2D eigenvalue weighted by molar-refractivity contribution is -0.122. The first-order valence-electron chi connectivity index (χ1n) is 10.5. The summed E-state index contributed by atoms with van der Waals surface area (Å²) in [5.41, 5.74) is 1.08. The number of aromatic nitrogens is 1. The molecule has 0 unspecified atom stereocenters. The van der Waals surface area contributed by atoms with E-state index in [2.05, 4.69) is 11.8 Å². The maximum Gasteiger partial charge on any atom is 0.270 e. The lowest BCUT2D eigenvalue weighted by Crippen LogP contribution is -2.38. The fourth-order valence-corrected chi connectivity index (χ4v) is 5.38. The minimum absolute atomic E-state index is 0.0962. The third-order valence-electron chi connectivity index (χ3n) is 6.09. The molecule has 0 atom stereocenters. The maximum absolute atomic E-state index is 13.2. The zero-order valence-corrected chi connectivity index (χ0v) is 19.9. The summed E-state index contributed by atoms with van der Waals surface area (Å²) in [5.74, 6) is 1.82. The Labute approximate surface area is 196 Å². The molecule has 0 N–H and O–H groups in total. The summed E-state index contributed by atoms with van der Waals surface area (Å²) in [6.07, 6.45) is 5.39. The van der Waals surface area contributed by atoms with Gasteiger partial charge in [-0.25, -0.2) is 0 Å². The van der Waals surface area contributed by atoms with Crippen molar-refractivity contribution in [3.8, 4) is 6.07 Å². The highest BCUT2D eigenvalue weighted by Crippen LogP contribution is 2.37. The molecule has 4 heterocycles. The molecule has 9 heteroatoms. The van der Waals surface area contributed by atoms with Crippen molar-refractivity contribution in [3.05, 3.63) is 56.1 Å². The van der Waals surface area contributed by atoms with Gasteiger partial charge in [-0.2, -0.15) is 5.26 Å². The number of hydrogen-bond donors (Lipinski definition) is 0. The van der Waals surface area contributed by atoms with Gasteiger partial charge in [0.2, 0.25) is 0 Å². The van der Waals surface area contributed by atoms with Gasteiger partial charge in [0.05, 0.1) is 17.7 Å². The van der Waals surface area contributed by atoms with E-state index in [-0.39, 0.29) is 23.6 Å². The quantitative estimate of drug-likeness (QED) is 0.499. The number of rotatable bonds is 4. The molecule has 2 aromatic heterocycles. The highest BCUT2D eigenvalue weighted by atomic mass is 32.2. The van der Waals surface area contributed by atoms with Crippen LogP contribution in [0, 0.1) is 24.2 Å². The molecule has 2 aliphatic rings. The van der Waals surface area contributed by atoms with E-state index >= 15 is 0 Å². The first-order chi connectivity index (χ1) is 15.3. The molecule has 2 saturated heterocycles. The Bertz CT molecular complexity index is 1200. The van der Waals surface area contributed by atoms with Gasteiger partial charge in [0.15, 0.2) is 0 Å². The number of anilines is 1. The van der Waals surface area contributed by atoms with Gasteiger partial charge in [-0.1, -0.05) is 30.9 Å². The van der Waals surface area contributed by atoms with Crippen molar-refractivity contribution in [2.75, 3.05) is 18.0 Å². The van der Waals surface area contributed by atoms with Gasteiger partial charge in [-0.3, -0.25) is 19.1 Å². The van der Waals surface area contributed by atoms with Crippen LogP contribution >= 0.6 is 24.0 Å². The minimum atomic E-state index is -0.318. The maximum atomic E-state index is 13.2. The van der Waals surface area contributed by atoms with Gasteiger partial charge < -0.3 is 9.32 Å². The lowest BCUT2D eigenvalue weighted by Gasteiger charge is -2.34. The monoisotopic (exact) mass is 468 g/mol. The van der Waals surface area contributed by atoms with Crippen LogP contribution in [0.2, 0.25) is 0 Å². The fraction of sp³-hybridized carbons (Fsp3) is 0.391. The zero-order valence-electron chi connectivity index (χ0n) is 18.3. The van der Waals surface area contributed by atoms with E-state index < -0.39 is 0 Å². The number of carbonyl (C=O) groups is 1. The number of carbonyl (C=O) groups excluding carboxylic acids is 1. The Morgan fingerprint density at radius 2 is 2.06 bits per heavy atom. The normalized spacial score (nSPS) is 18.6. The molecule has 7 nitrogen and oxygen atoms in total. The first-order valence-corrected chi connectivity index (χ1v) is 11.7. The van der Waals surface area contributed by atoms with E-state index in [0.29, 0.717) is 26.5 Å². The van der Waals surface area contributed by atoms with Crippen LogP contribution in [0.15, 0.2) is 32.5 Å². The second-order valence-electron chi connectivity index (χ2n) is 8.23. The molecule has 0 saturated carbocycles. The highest BCUT2D eigenvalue weighted by Gasteiger charge is 2.34. The molecule has 2 aromatic rings. The van der Waals surface area contributed by atoms with Gasteiger partial charge in [-0.05, 0) is 49.5 Å². The van der Waals surface area contributed by atoms with Crippen LogP contribution in [0.1, 0.15) is 42.2 Å². The van der Waals surface area contributed by atoms with Crippen molar-refractivity contribution in [1.82, 2.24) is 9.47 Å². The zero-order chi connectivity index (χ0) is 23.0. The second-order valence-corrected chi connectivity index (χ2v) is 9.91. The van der Waals surface area contributed by atoms with E-state index in [1.807, 2.05) is 6.07 Å². The van der Waals surface area contributed by atoms with Crippen LogP contribution in [-0.2, 0) is 18.4 Å². The Balaban J connectivity index is 1.79. The van der Waals surface area contributed by atoms with Crippen LogP contribution in [0.4, 0.5) is 5.82 Å². The summed E-state index contributed by atoms with van der Waals surface area (Å²) < 4.78 is 7.36. The molecule has 4 rings (SSSR count). The molecule has 2 aliphatic heterocycles. The van der Waals surface area contributed by atoms with Crippen LogP contribution in [0.25, 0.3) is 6.08 Å². The Morgan fingerprint density at radius 1 is 1.34 bits per heavy atom. The topological polar surface area (TPSA) is 82.5 Å². The molecule has 0 radical (unpaired) electrons. The summed E-state index contributed by atoms with van der Waals surface area (Å²) >= 11 is 6.68. The van der Waals surface area contributed by atoms with E-state index in [1.54, 1.807) is 38.4 Å². The summed E-state index contributed by atoms with van der Waals surface area (Å²) in [6, 6.07) is 5.61. The molecule has 32 heavy (non-hydrogen) atoms. The molecule has 0 aromatic carbocycles. The van der Waals surface area contributed by atoms with Crippen LogP contribution < -0.4 is 10.5 Å². The number of amides is 1. The number of pyridine rings is 1. The van der Waals surface area contributed by atoms with Crippen LogP contribution in [0.5, 0.6) is 0 Å². The largest absolute Gasteiger partial charge is 0.467 e. The van der Waals surface area contributed by atoms with Crippen molar-refractivity contribution in [2.24, 2.45) is 13.0 Å². The van der Waals surface area contributed by atoms with Crippen molar-refractivity contribution in [2.45, 2.75) is 33.2 Å². The molecule has 0 spiro atoms. The van der Waals surface area contributed by atoms with E-state index in [1.165, 1.54) is 21.2 Å². The number of nitriles is 1. The number of piperidine rings is 1. The molecule has 2 fully saturated rings. The van der Waals surface area contributed by atoms with Crippen LogP contribution in [-0.4, -0.2) is 32.8 Å². The number of hydrogen-bond acceptors (Lipinski definition) is 7. The number of furan rings is 1. The van der Waals surface area contributed by atoms with E-state index in [9.17, 15) is 14.9 Å². The number of thiocarbonyl (C=S) groups is 1. The van der Waals surface area contributed by atoms with Gasteiger partial charge in [0.1, 0.15) is 27.5 Å². The SMILES string of the molecule is Cc1c(/C=C2/SC(=S)N(Cc3ccco3)C2=O)c(N2CCC(C)CC2)n(C)c(=O)c1C#N. The Kier molecular flexibility index (Phi) is 6.26. The third-order valence-corrected chi connectivity index (χ3v) is 7.47. The van der Waals surface area contributed by atoms with Gasteiger partial charge in [0, 0.05) is 25.7 Å². The van der Waals surface area contributed by atoms with E-state index in [4.69, 9.17) is 16.6 Å². The summed E-state index contributed by atoms with van der Waals surface area (Å²) in [4.78, 5) is 30.2. The van der Waals surface area contributed by atoms with Crippen molar-refractivity contribution in [1.29, 1.82) is 5.26 Å². The van der Waals surface area contributed by atoms with Crippen molar-refractivity contribution in [3.63, 3.8) is 0 Å². The third kappa shape index (κ3) is 4.00. The second kappa shape index (κ2) is 8.96. The fourth-order valence-electron chi connectivity index (χ4n) is 4.14. The summed E-state index contributed by atoms with van der Waals surface area (Å²) in [7, 11) is 1.69. The van der Waals surface area contributed by atoms with Crippen molar-refractivity contribution >= 4 is 46.1 Å². The average Bonchev–Trinajstić information content (AvgIpc) is 3.38. The highest BCUT2D eigenvalue weighted by molar-refractivity contribution is 8.26. The Morgan fingerprint density at radius 3 is 2.69 bits per heavy atom. The molecule has 0 aliphatic carbocycles. The molecular weight excluding hydrogens is 444 g/mol. The van der Waals surface area contributed by atoms with Gasteiger partial charge in [-0.15, -0.1) is 0 Å². The Hall–Kier alpha value is -2.83. The number of thioether (sulfide) groups is 1. The summed E-state index contributed by atoms with van der Waals surface area (Å²) in [5, 5.41) is 9.62. The van der Waals surface area contributed by atoms with Gasteiger partial charge >= 0.3 is 0 Å². The van der Waals surface area contributed by atoms with Gasteiger partial charge in [0.25, 0.3) is 11.5 Å². The summed E-state index contributed by atoms with van der Waals surface area (Å²) in [6.45, 7) is 5.90. The molecule has 1 amide bonds. The predicted octanol–water partition coefficient (Wildman–Crippen LogP) is 3.80. The predicted molar refractivity (Wildman–Crippen MR) is 129 cm³/mol. The smallest absolute Gasteiger partial charge is 0.270 e. The standard InChI is InChI=1S/C23H24N4O3S2/c1-14-6-8-26(9-7-14)20-17(15(2)18(12-24)21(28)25(20)3)11-19-22(29)27(23(31)32-19)13-16-5-4-10-30-16/h4-5,10-11,14H,6-9,13H2,1-3H3/b19-11+. The average molecular weight is 469 g/mol. The lowest BCUT2D eigenvalue weighted by atomic mass is 9.97. The van der Waals surface area contributed by atoms with Crippen molar-refractivity contribution < 1.29 is 9.21 Å². The number of nitrogens with zero attached hydrogens (tertiary/aromatic N) is 4. The minimum Gasteiger partial charge on any atom is -0.467 e. The molecule has 166 valence electrons. The first kappa shape index (κ1) is 22.4. The molecular formula is C23H24N4O3S2. The molecule has 0 bridgehead atoms.